The topological polar surface area (TPSA) is 39.1 Å². The minimum atomic E-state index is -3.76. The molecular formula is C28H27NO2S. The summed E-state index contributed by atoms with van der Waals surface area (Å²) in [5.41, 5.74) is 7.29. The Morgan fingerprint density at radius 3 is 2.00 bits per heavy atom. The second-order valence-corrected chi connectivity index (χ2v) is 10.4. The fourth-order valence-corrected chi connectivity index (χ4v) is 6.41. The molecule has 32 heavy (non-hydrogen) atoms. The van der Waals surface area contributed by atoms with Crippen LogP contribution in [0.25, 0.3) is 11.3 Å². The van der Waals surface area contributed by atoms with Crippen molar-refractivity contribution in [1.82, 2.24) is 3.97 Å². The van der Waals surface area contributed by atoms with Crippen molar-refractivity contribution in [2.45, 2.75) is 43.9 Å². The number of fused-ring (bicyclic) bond motifs is 1. The highest BCUT2D eigenvalue weighted by molar-refractivity contribution is 7.90. The molecule has 0 bridgehead atoms. The zero-order valence-electron chi connectivity index (χ0n) is 18.3. The lowest BCUT2D eigenvalue weighted by atomic mass is 9.89. The van der Waals surface area contributed by atoms with E-state index in [4.69, 9.17) is 0 Å². The average Bonchev–Trinajstić information content (AvgIpc) is 3.15. The minimum Gasteiger partial charge on any atom is -0.237 e. The molecule has 0 aliphatic heterocycles. The highest BCUT2D eigenvalue weighted by Gasteiger charge is 2.32. The van der Waals surface area contributed by atoms with Crippen LogP contribution in [0.4, 0.5) is 0 Å². The molecule has 0 saturated carbocycles. The van der Waals surface area contributed by atoms with E-state index in [0.29, 0.717) is 11.3 Å². The van der Waals surface area contributed by atoms with Gasteiger partial charge in [0, 0.05) is 12.1 Å². The molecule has 0 spiro atoms. The van der Waals surface area contributed by atoms with Crippen molar-refractivity contribution in [2.75, 3.05) is 0 Å². The molecule has 0 fully saturated rings. The van der Waals surface area contributed by atoms with Gasteiger partial charge in [-0.3, -0.25) is 0 Å². The first-order valence-electron chi connectivity index (χ1n) is 11.2. The van der Waals surface area contributed by atoms with E-state index in [9.17, 15) is 8.42 Å². The van der Waals surface area contributed by atoms with E-state index in [1.165, 1.54) is 11.1 Å². The molecule has 1 aliphatic carbocycles. The Hall–Kier alpha value is -3.11. The van der Waals surface area contributed by atoms with Gasteiger partial charge >= 0.3 is 0 Å². The maximum absolute atomic E-state index is 14.1. The average molecular weight is 442 g/mol. The molecule has 3 aromatic carbocycles. The van der Waals surface area contributed by atoms with E-state index in [0.717, 1.165) is 53.8 Å². The van der Waals surface area contributed by atoms with Gasteiger partial charge in [0.1, 0.15) is 0 Å². The monoisotopic (exact) mass is 441 g/mol. The largest absolute Gasteiger partial charge is 0.268 e. The van der Waals surface area contributed by atoms with Gasteiger partial charge in [-0.1, -0.05) is 78.4 Å². The van der Waals surface area contributed by atoms with Crippen LogP contribution in [0.3, 0.4) is 0 Å². The van der Waals surface area contributed by atoms with Gasteiger partial charge in [0.2, 0.25) is 0 Å². The Morgan fingerprint density at radius 2 is 1.34 bits per heavy atom. The SMILES string of the molecule is Cc1ccc(S(=O)(=O)n2c(Cc3ccccc3)c3c(c2-c2ccccc2)CCCC3)cc1. The lowest BCUT2D eigenvalue weighted by Crippen LogP contribution is -2.18. The van der Waals surface area contributed by atoms with Crippen LogP contribution in [0.2, 0.25) is 0 Å². The van der Waals surface area contributed by atoms with Crippen molar-refractivity contribution in [3.63, 3.8) is 0 Å². The minimum absolute atomic E-state index is 0.335. The lowest BCUT2D eigenvalue weighted by Gasteiger charge is -2.16. The molecule has 3 nitrogen and oxygen atoms in total. The predicted molar refractivity (Wildman–Crippen MR) is 130 cm³/mol. The van der Waals surface area contributed by atoms with E-state index in [2.05, 4.69) is 12.1 Å². The number of nitrogens with zero attached hydrogens (tertiary/aromatic N) is 1. The fraction of sp³-hybridized carbons (Fsp3) is 0.214. The molecule has 162 valence electrons. The third-order valence-electron chi connectivity index (χ3n) is 6.37. The first kappa shape index (κ1) is 20.8. The first-order chi connectivity index (χ1) is 15.6. The Bertz CT molecular complexity index is 1340. The summed E-state index contributed by atoms with van der Waals surface area (Å²) >= 11 is 0. The van der Waals surface area contributed by atoms with Crippen LogP contribution in [-0.2, 0) is 29.3 Å². The molecule has 0 radical (unpaired) electrons. The number of rotatable bonds is 5. The van der Waals surface area contributed by atoms with E-state index in [1.54, 1.807) is 16.1 Å². The van der Waals surface area contributed by atoms with E-state index in [-0.39, 0.29) is 0 Å². The van der Waals surface area contributed by atoms with Gasteiger partial charge in [0.15, 0.2) is 0 Å². The van der Waals surface area contributed by atoms with Crippen molar-refractivity contribution in [3.05, 3.63) is 113 Å². The van der Waals surface area contributed by atoms with Crippen molar-refractivity contribution in [1.29, 1.82) is 0 Å². The van der Waals surface area contributed by atoms with Crippen molar-refractivity contribution in [2.24, 2.45) is 0 Å². The van der Waals surface area contributed by atoms with Crippen LogP contribution < -0.4 is 0 Å². The number of aryl methyl sites for hydroxylation is 1. The molecule has 4 aromatic rings. The van der Waals surface area contributed by atoms with Crippen LogP contribution in [0, 0.1) is 6.92 Å². The van der Waals surface area contributed by atoms with Crippen molar-refractivity contribution in [3.8, 4) is 11.3 Å². The van der Waals surface area contributed by atoms with Crippen LogP contribution >= 0.6 is 0 Å². The maximum Gasteiger partial charge on any atom is 0.268 e. The second kappa shape index (κ2) is 8.44. The zero-order valence-corrected chi connectivity index (χ0v) is 19.1. The van der Waals surface area contributed by atoms with E-state index in [1.807, 2.05) is 67.6 Å². The van der Waals surface area contributed by atoms with Gasteiger partial charge < -0.3 is 0 Å². The lowest BCUT2D eigenvalue weighted by molar-refractivity contribution is 0.586. The summed E-state index contributed by atoms with van der Waals surface area (Å²) in [4.78, 5) is 0.335. The molecule has 1 heterocycles. The summed E-state index contributed by atoms with van der Waals surface area (Å²) in [6.45, 7) is 1.97. The zero-order chi connectivity index (χ0) is 22.1. The molecule has 0 saturated heterocycles. The molecule has 0 atom stereocenters. The van der Waals surface area contributed by atoms with Gasteiger partial charge in [-0.05, 0) is 67.0 Å². The summed E-state index contributed by atoms with van der Waals surface area (Å²) in [5.74, 6) is 0. The smallest absolute Gasteiger partial charge is 0.237 e. The van der Waals surface area contributed by atoms with Gasteiger partial charge in [0.05, 0.1) is 10.6 Å². The first-order valence-corrected chi connectivity index (χ1v) is 12.7. The van der Waals surface area contributed by atoms with Gasteiger partial charge in [-0.25, -0.2) is 12.4 Å². The summed E-state index contributed by atoms with van der Waals surface area (Å²) < 4.78 is 29.9. The summed E-state index contributed by atoms with van der Waals surface area (Å²) in [7, 11) is -3.76. The number of hydrogen-bond donors (Lipinski definition) is 0. The van der Waals surface area contributed by atoms with Crippen molar-refractivity contribution < 1.29 is 8.42 Å². The number of hydrogen-bond acceptors (Lipinski definition) is 2. The Morgan fingerprint density at radius 1 is 0.750 bits per heavy atom. The molecule has 1 aliphatic rings. The molecule has 5 rings (SSSR count). The quantitative estimate of drug-likeness (QED) is 0.371. The van der Waals surface area contributed by atoms with Crippen LogP contribution in [0.5, 0.6) is 0 Å². The third-order valence-corrected chi connectivity index (χ3v) is 8.12. The van der Waals surface area contributed by atoms with Crippen LogP contribution in [0.1, 0.15) is 40.8 Å². The van der Waals surface area contributed by atoms with Crippen LogP contribution in [-0.4, -0.2) is 12.4 Å². The maximum atomic E-state index is 14.1. The van der Waals surface area contributed by atoms with Crippen LogP contribution in [0.15, 0.2) is 89.8 Å². The Balaban J connectivity index is 1.81. The van der Waals surface area contributed by atoms with Gasteiger partial charge in [-0.2, -0.15) is 0 Å². The molecule has 0 N–H and O–H groups in total. The fourth-order valence-electron chi connectivity index (χ4n) is 4.80. The molecule has 0 amide bonds. The van der Waals surface area contributed by atoms with Gasteiger partial charge in [-0.15, -0.1) is 0 Å². The highest BCUT2D eigenvalue weighted by atomic mass is 32.2. The van der Waals surface area contributed by atoms with E-state index >= 15 is 0 Å². The molecule has 4 heteroatoms. The summed E-state index contributed by atoms with van der Waals surface area (Å²) in [6, 6.07) is 27.4. The number of benzene rings is 3. The Kier molecular flexibility index (Phi) is 5.48. The number of aromatic nitrogens is 1. The normalized spacial score (nSPS) is 13.7. The summed E-state index contributed by atoms with van der Waals surface area (Å²) in [6.07, 6.45) is 4.62. The molecule has 1 aromatic heterocycles. The Labute approximate surface area is 190 Å². The van der Waals surface area contributed by atoms with Gasteiger partial charge in [0.25, 0.3) is 10.0 Å². The predicted octanol–water partition coefficient (Wildman–Crippen LogP) is 6.17. The second-order valence-electron chi connectivity index (χ2n) is 8.57. The van der Waals surface area contributed by atoms with E-state index < -0.39 is 10.0 Å². The standard InChI is InChI=1S/C28H27NO2S/c1-21-16-18-24(19-17-21)32(30,31)29-27(20-22-10-4-2-5-11-22)25-14-8-9-15-26(25)28(29)23-12-6-3-7-13-23/h2-7,10-13,16-19H,8-9,14-15,20H2,1H3. The molecular weight excluding hydrogens is 414 g/mol. The third kappa shape index (κ3) is 3.69. The molecule has 0 unspecified atom stereocenters. The van der Waals surface area contributed by atoms with Crippen molar-refractivity contribution >= 4 is 10.0 Å². The highest BCUT2D eigenvalue weighted by Crippen LogP contribution is 2.40. The summed E-state index contributed by atoms with van der Waals surface area (Å²) in [5, 5.41) is 0.